The van der Waals surface area contributed by atoms with Crippen molar-refractivity contribution in [2.45, 2.75) is 25.4 Å². The van der Waals surface area contributed by atoms with Gasteiger partial charge in [0.2, 0.25) is 5.91 Å². The topological polar surface area (TPSA) is 66.6 Å². The number of likely N-dealkylation sites (tertiary alicyclic amines) is 1. The van der Waals surface area contributed by atoms with E-state index in [1.54, 1.807) is 4.90 Å². The lowest BCUT2D eigenvalue weighted by Gasteiger charge is -2.22. The van der Waals surface area contributed by atoms with E-state index in [4.69, 9.17) is 10.8 Å². The normalized spacial score (nSPS) is 27.7. The molecular formula is C7H14N2O2. The van der Waals surface area contributed by atoms with E-state index >= 15 is 0 Å². The first-order valence-electron chi connectivity index (χ1n) is 3.81. The largest absolute Gasteiger partial charge is 0.394 e. The summed E-state index contributed by atoms with van der Waals surface area (Å²) in [7, 11) is 0. The van der Waals surface area contributed by atoms with Crippen LogP contribution in [0, 0.1) is 0 Å². The first-order valence-corrected chi connectivity index (χ1v) is 3.81. The second-order valence-electron chi connectivity index (χ2n) is 3.04. The van der Waals surface area contributed by atoms with Crippen LogP contribution in [0.2, 0.25) is 0 Å². The van der Waals surface area contributed by atoms with Crippen molar-refractivity contribution in [3.63, 3.8) is 0 Å². The van der Waals surface area contributed by atoms with E-state index in [0.29, 0.717) is 13.0 Å². The van der Waals surface area contributed by atoms with Crippen LogP contribution in [0.5, 0.6) is 0 Å². The van der Waals surface area contributed by atoms with Gasteiger partial charge in [-0.25, -0.2) is 0 Å². The Balaban J connectivity index is 2.52. The minimum Gasteiger partial charge on any atom is -0.394 e. The lowest BCUT2D eigenvalue weighted by Crippen LogP contribution is -2.38. The summed E-state index contributed by atoms with van der Waals surface area (Å²) >= 11 is 0. The zero-order valence-corrected chi connectivity index (χ0v) is 6.66. The summed E-state index contributed by atoms with van der Waals surface area (Å²) in [6.07, 6.45) is 0.421. The zero-order chi connectivity index (χ0) is 8.43. The number of nitrogens with two attached hydrogens (primary N) is 1. The highest BCUT2D eigenvalue weighted by Gasteiger charge is 2.29. The average molecular weight is 158 g/mol. The molecule has 1 fully saturated rings. The highest BCUT2D eigenvalue weighted by Crippen LogP contribution is 2.11. The van der Waals surface area contributed by atoms with Crippen LogP contribution in [0.15, 0.2) is 0 Å². The minimum atomic E-state index is -0.0870. The van der Waals surface area contributed by atoms with Crippen molar-refractivity contribution in [1.82, 2.24) is 4.90 Å². The summed E-state index contributed by atoms with van der Waals surface area (Å²) in [6, 6.07) is -0.132. The second-order valence-corrected chi connectivity index (χ2v) is 3.04. The maximum Gasteiger partial charge on any atom is 0.224 e. The summed E-state index contributed by atoms with van der Waals surface area (Å²) in [6.45, 7) is 2.41. The van der Waals surface area contributed by atoms with E-state index in [1.807, 2.05) is 6.92 Å². The molecule has 3 N–H and O–H groups in total. The fourth-order valence-electron chi connectivity index (χ4n) is 1.28. The zero-order valence-electron chi connectivity index (χ0n) is 6.66. The molecule has 0 saturated carbocycles. The Morgan fingerprint density at radius 2 is 2.55 bits per heavy atom. The fraction of sp³-hybridized carbons (Fsp3) is 0.857. The van der Waals surface area contributed by atoms with Gasteiger partial charge in [0.15, 0.2) is 0 Å². The van der Waals surface area contributed by atoms with Crippen LogP contribution in [0.1, 0.15) is 13.3 Å². The third-order valence-corrected chi connectivity index (χ3v) is 1.98. The minimum absolute atomic E-state index is 0.0124. The number of carbonyl (C=O) groups is 1. The van der Waals surface area contributed by atoms with Crippen LogP contribution < -0.4 is 5.73 Å². The van der Waals surface area contributed by atoms with Gasteiger partial charge in [-0.1, -0.05) is 0 Å². The summed E-state index contributed by atoms with van der Waals surface area (Å²) in [5.74, 6) is 0.0547. The van der Waals surface area contributed by atoms with E-state index in [9.17, 15) is 4.79 Å². The van der Waals surface area contributed by atoms with E-state index in [2.05, 4.69) is 0 Å². The third kappa shape index (κ3) is 1.70. The molecule has 0 bridgehead atoms. The van der Waals surface area contributed by atoms with Gasteiger partial charge in [-0.3, -0.25) is 4.79 Å². The molecule has 1 aliphatic rings. The number of aliphatic hydroxyl groups excluding tert-OH is 1. The highest BCUT2D eigenvalue weighted by atomic mass is 16.3. The molecule has 0 aromatic heterocycles. The van der Waals surface area contributed by atoms with Crippen molar-refractivity contribution in [3.8, 4) is 0 Å². The number of hydrogen-bond donors (Lipinski definition) is 2. The molecule has 11 heavy (non-hydrogen) atoms. The van der Waals surface area contributed by atoms with Gasteiger partial charge in [0.25, 0.3) is 0 Å². The maximum absolute atomic E-state index is 11.1. The van der Waals surface area contributed by atoms with Crippen LogP contribution in [-0.2, 0) is 4.79 Å². The average Bonchev–Trinajstić information content (AvgIpc) is 2.28. The molecule has 0 aromatic rings. The van der Waals surface area contributed by atoms with Crippen LogP contribution in [0.3, 0.4) is 0 Å². The number of hydrogen-bond acceptors (Lipinski definition) is 3. The van der Waals surface area contributed by atoms with E-state index in [1.165, 1.54) is 0 Å². The molecule has 1 saturated heterocycles. The standard InChI is InChI=1S/C7H14N2O2/c1-5(4-10)9-3-6(8)2-7(9)11/h5-6,10H,2-4,8H2,1H3. The van der Waals surface area contributed by atoms with Crippen molar-refractivity contribution >= 4 is 5.91 Å². The molecule has 1 aliphatic heterocycles. The number of carbonyl (C=O) groups excluding carboxylic acids is 1. The van der Waals surface area contributed by atoms with Gasteiger partial charge >= 0.3 is 0 Å². The van der Waals surface area contributed by atoms with Crippen LogP contribution in [0.4, 0.5) is 0 Å². The van der Waals surface area contributed by atoms with Gasteiger partial charge in [0.1, 0.15) is 0 Å². The van der Waals surface area contributed by atoms with E-state index < -0.39 is 0 Å². The Bertz CT molecular complexity index is 161. The first-order chi connectivity index (χ1) is 5.15. The van der Waals surface area contributed by atoms with Gasteiger partial charge in [-0.05, 0) is 6.92 Å². The Morgan fingerprint density at radius 1 is 1.91 bits per heavy atom. The van der Waals surface area contributed by atoms with E-state index in [0.717, 1.165) is 0 Å². The van der Waals surface area contributed by atoms with Crippen LogP contribution in [0.25, 0.3) is 0 Å². The Hall–Kier alpha value is -0.610. The molecule has 4 nitrogen and oxygen atoms in total. The maximum atomic E-state index is 11.1. The number of rotatable bonds is 2. The summed E-state index contributed by atoms with van der Waals surface area (Å²) in [5.41, 5.74) is 5.56. The monoisotopic (exact) mass is 158 g/mol. The molecule has 0 aliphatic carbocycles. The van der Waals surface area contributed by atoms with Gasteiger partial charge in [-0.15, -0.1) is 0 Å². The van der Waals surface area contributed by atoms with Crippen molar-refractivity contribution in [3.05, 3.63) is 0 Å². The number of nitrogens with zero attached hydrogens (tertiary/aromatic N) is 1. The molecule has 0 radical (unpaired) electrons. The number of amides is 1. The second kappa shape index (κ2) is 3.19. The third-order valence-electron chi connectivity index (χ3n) is 1.98. The molecule has 64 valence electrons. The van der Waals surface area contributed by atoms with Crippen LogP contribution in [-0.4, -0.2) is 41.1 Å². The van der Waals surface area contributed by atoms with Crippen molar-refractivity contribution in [2.24, 2.45) is 5.73 Å². The molecular weight excluding hydrogens is 144 g/mol. The predicted molar refractivity (Wildman–Crippen MR) is 40.9 cm³/mol. The molecule has 4 heteroatoms. The molecule has 1 heterocycles. The molecule has 2 unspecified atom stereocenters. The fourth-order valence-corrected chi connectivity index (χ4v) is 1.28. The van der Waals surface area contributed by atoms with Gasteiger partial charge in [0.05, 0.1) is 12.6 Å². The van der Waals surface area contributed by atoms with Crippen molar-refractivity contribution in [1.29, 1.82) is 0 Å². The predicted octanol–water partition coefficient (Wildman–Crippen LogP) is -1.07. The van der Waals surface area contributed by atoms with Gasteiger partial charge in [0, 0.05) is 19.0 Å². The molecule has 2 atom stereocenters. The van der Waals surface area contributed by atoms with Gasteiger partial charge < -0.3 is 15.7 Å². The summed E-state index contributed by atoms with van der Waals surface area (Å²) in [4.78, 5) is 12.7. The SMILES string of the molecule is CC(CO)N1CC(N)CC1=O. The van der Waals surface area contributed by atoms with Crippen molar-refractivity contribution < 1.29 is 9.90 Å². The Kier molecular flexibility index (Phi) is 2.46. The lowest BCUT2D eigenvalue weighted by atomic mass is 10.3. The molecule has 1 amide bonds. The van der Waals surface area contributed by atoms with Crippen molar-refractivity contribution in [2.75, 3.05) is 13.2 Å². The smallest absolute Gasteiger partial charge is 0.224 e. The first kappa shape index (κ1) is 8.49. The highest BCUT2D eigenvalue weighted by molar-refractivity contribution is 5.79. The summed E-state index contributed by atoms with van der Waals surface area (Å²) < 4.78 is 0. The summed E-state index contributed by atoms with van der Waals surface area (Å²) in [5, 5.41) is 8.76. The molecule has 0 spiro atoms. The lowest BCUT2D eigenvalue weighted by molar-refractivity contribution is -0.130. The molecule has 1 rings (SSSR count). The molecule has 0 aromatic carbocycles. The Morgan fingerprint density at radius 3 is 2.91 bits per heavy atom. The van der Waals surface area contributed by atoms with E-state index in [-0.39, 0.29) is 24.6 Å². The van der Waals surface area contributed by atoms with Gasteiger partial charge in [-0.2, -0.15) is 0 Å². The quantitative estimate of drug-likeness (QED) is 0.537. The van der Waals surface area contributed by atoms with Crippen LogP contribution >= 0.6 is 0 Å². The number of aliphatic hydroxyl groups is 1. The Labute approximate surface area is 66.0 Å².